The SMILES string of the molecule is CC1(C)CC2(C1)NC(=O)c1c(Cl)cc(Nc3ncnc4[nH]ccc34)c(=O)n1N2. The van der Waals surface area contributed by atoms with Crippen LogP contribution in [0.2, 0.25) is 5.02 Å². The molecule has 5 rings (SSSR count). The standard InChI is InChI=1S/C18H18ClN7O2/c1-17(2)6-18(7-17)24-15(27)12-10(19)5-11(16(28)26(12)25-18)23-14-9-3-4-20-13(9)21-8-22-14/h3-5,8,25H,6-7H2,1-2H3,(H,24,27)(H2,20,21,22,23). The predicted molar refractivity (Wildman–Crippen MR) is 105 cm³/mol. The first-order valence-corrected chi connectivity index (χ1v) is 9.26. The topological polar surface area (TPSA) is 117 Å². The lowest BCUT2D eigenvalue weighted by Gasteiger charge is -2.55. The smallest absolute Gasteiger partial charge is 0.293 e. The Bertz CT molecular complexity index is 1190. The first-order valence-electron chi connectivity index (χ1n) is 8.88. The number of carbonyl (C=O) groups is 1. The largest absolute Gasteiger partial charge is 0.346 e. The molecule has 1 aliphatic carbocycles. The molecule has 1 saturated carbocycles. The van der Waals surface area contributed by atoms with Crippen molar-refractivity contribution in [1.29, 1.82) is 0 Å². The Balaban J connectivity index is 1.58. The molecule has 0 bridgehead atoms. The summed E-state index contributed by atoms with van der Waals surface area (Å²) < 4.78 is 1.24. The molecule has 28 heavy (non-hydrogen) atoms. The Labute approximate surface area is 164 Å². The summed E-state index contributed by atoms with van der Waals surface area (Å²) in [5.41, 5.74) is 3.18. The lowest BCUT2D eigenvalue weighted by molar-refractivity contribution is 0.0310. The third-order valence-corrected chi connectivity index (χ3v) is 5.50. The van der Waals surface area contributed by atoms with Crippen LogP contribution in [0.25, 0.3) is 11.0 Å². The minimum absolute atomic E-state index is 0.0852. The van der Waals surface area contributed by atoms with Gasteiger partial charge in [0.05, 0.1) is 10.4 Å². The van der Waals surface area contributed by atoms with Gasteiger partial charge in [-0.25, -0.2) is 14.6 Å². The lowest BCUT2D eigenvalue weighted by Crippen LogP contribution is -2.71. The zero-order valence-electron chi connectivity index (χ0n) is 15.3. The predicted octanol–water partition coefficient (Wildman–Crippen LogP) is 2.32. The zero-order valence-corrected chi connectivity index (χ0v) is 16.0. The third kappa shape index (κ3) is 2.46. The van der Waals surface area contributed by atoms with Crippen LogP contribution in [0.4, 0.5) is 11.5 Å². The molecule has 10 heteroatoms. The van der Waals surface area contributed by atoms with Gasteiger partial charge in [-0.15, -0.1) is 0 Å². The van der Waals surface area contributed by atoms with Crippen molar-refractivity contribution < 1.29 is 4.79 Å². The number of nitrogens with one attached hydrogen (secondary N) is 4. The molecule has 144 valence electrons. The van der Waals surface area contributed by atoms with E-state index in [2.05, 4.69) is 44.9 Å². The summed E-state index contributed by atoms with van der Waals surface area (Å²) in [6, 6.07) is 3.26. The maximum atomic E-state index is 13.1. The van der Waals surface area contributed by atoms with Crippen LogP contribution in [0.15, 0.2) is 29.5 Å². The number of hydrogen-bond donors (Lipinski definition) is 4. The molecule has 3 aromatic rings. The minimum Gasteiger partial charge on any atom is -0.346 e. The number of aromatic nitrogens is 4. The Morgan fingerprint density at radius 3 is 2.79 bits per heavy atom. The molecule has 0 saturated heterocycles. The van der Waals surface area contributed by atoms with Gasteiger partial charge >= 0.3 is 0 Å². The van der Waals surface area contributed by atoms with E-state index in [-0.39, 0.29) is 27.7 Å². The second-order valence-corrected chi connectivity index (χ2v) is 8.56. The number of fused-ring (bicyclic) bond motifs is 2. The molecule has 4 heterocycles. The fourth-order valence-corrected chi connectivity index (χ4v) is 4.64. The van der Waals surface area contributed by atoms with Crippen LogP contribution >= 0.6 is 11.6 Å². The van der Waals surface area contributed by atoms with Gasteiger partial charge in [-0.3, -0.25) is 15.0 Å². The second kappa shape index (κ2) is 5.48. The van der Waals surface area contributed by atoms with Crippen molar-refractivity contribution >= 4 is 40.0 Å². The van der Waals surface area contributed by atoms with Crippen molar-refractivity contribution in [3.8, 4) is 0 Å². The van der Waals surface area contributed by atoms with E-state index in [1.165, 1.54) is 17.1 Å². The summed E-state index contributed by atoms with van der Waals surface area (Å²) in [7, 11) is 0. The number of aromatic amines is 1. The van der Waals surface area contributed by atoms with Crippen LogP contribution in [-0.2, 0) is 0 Å². The number of nitrogens with zero attached hydrogens (tertiary/aromatic N) is 3. The van der Waals surface area contributed by atoms with Gasteiger partial charge in [0.1, 0.15) is 34.8 Å². The van der Waals surface area contributed by atoms with E-state index in [0.29, 0.717) is 24.3 Å². The maximum Gasteiger partial charge on any atom is 0.293 e. The van der Waals surface area contributed by atoms with Crippen LogP contribution in [0.5, 0.6) is 0 Å². The highest BCUT2D eigenvalue weighted by Crippen LogP contribution is 2.48. The Morgan fingerprint density at radius 1 is 1.25 bits per heavy atom. The van der Waals surface area contributed by atoms with Gasteiger partial charge < -0.3 is 15.6 Å². The molecule has 0 aromatic carbocycles. The fourth-order valence-electron chi connectivity index (χ4n) is 4.36. The summed E-state index contributed by atoms with van der Waals surface area (Å²) in [6.07, 6.45) is 4.56. The van der Waals surface area contributed by atoms with Gasteiger partial charge in [0.15, 0.2) is 0 Å². The molecule has 1 fully saturated rings. The van der Waals surface area contributed by atoms with Gasteiger partial charge in [-0.05, 0) is 30.4 Å². The zero-order chi connectivity index (χ0) is 19.7. The number of amides is 1. The average molecular weight is 400 g/mol. The van der Waals surface area contributed by atoms with Crippen LogP contribution < -0.4 is 21.6 Å². The third-order valence-electron chi connectivity index (χ3n) is 5.22. The molecule has 1 amide bonds. The van der Waals surface area contributed by atoms with E-state index in [4.69, 9.17) is 11.6 Å². The van der Waals surface area contributed by atoms with Crippen molar-refractivity contribution in [2.45, 2.75) is 32.4 Å². The van der Waals surface area contributed by atoms with E-state index in [9.17, 15) is 9.59 Å². The Hall–Kier alpha value is -3.07. The molecule has 1 spiro atoms. The summed E-state index contributed by atoms with van der Waals surface area (Å²) in [5.74, 6) is 0.109. The van der Waals surface area contributed by atoms with Crippen LogP contribution in [-0.4, -0.2) is 31.2 Å². The molecule has 0 radical (unpaired) electrons. The highest BCUT2D eigenvalue weighted by atomic mass is 35.5. The summed E-state index contributed by atoms with van der Waals surface area (Å²) >= 11 is 6.35. The van der Waals surface area contributed by atoms with E-state index < -0.39 is 11.2 Å². The van der Waals surface area contributed by atoms with E-state index in [1.807, 2.05) is 6.07 Å². The molecule has 1 aliphatic heterocycles. The first-order chi connectivity index (χ1) is 13.3. The number of hydrogen-bond acceptors (Lipinski definition) is 6. The summed E-state index contributed by atoms with van der Waals surface area (Å²) in [6.45, 7) is 4.24. The maximum absolute atomic E-state index is 13.1. The van der Waals surface area contributed by atoms with Crippen LogP contribution in [0.1, 0.15) is 37.2 Å². The number of anilines is 2. The van der Waals surface area contributed by atoms with Gasteiger partial charge in [0, 0.05) is 6.20 Å². The minimum atomic E-state index is -0.637. The van der Waals surface area contributed by atoms with Crippen LogP contribution in [0.3, 0.4) is 0 Å². The molecule has 4 N–H and O–H groups in total. The normalized spacial score (nSPS) is 18.9. The highest BCUT2D eigenvalue weighted by molar-refractivity contribution is 6.34. The average Bonchev–Trinajstić information content (AvgIpc) is 3.06. The molecule has 0 atom stereocenters. The van der Waals surface area contributed by atoms with Gasteiger partial charge in [0.2, 0.25) is 0 Å². The van der Waals surface area contributed by atoms with E-state index >= 15 is 0 Å². The van der Waals surface area contributed by atoms with Gasteiger partial charge in [-0.2, -0.15) is 0 Å². The van der Waals surface area contributed by atoms with Crippen molar-refractivity contribution in [2.75, 3.05) is 10.7 Å². The monoisotopic (exact) mass is 399 g/mol. The molecule has 2 aliphatic rings. The first kappa shape index (κ1) is 17.1. The quantitative estimate of drug-likeness (QED) is 0.525. The number of carbonyl (C=O) groups excluding carboxylic acids is 1. The van der Waals surface area contributed by atoms with Crippen LogP contribution in [0, 0.1) is 5.41 Å². The molecular weight excluding hydrogens is 382 g/mol. The van der Waals surface area contributed by atoms with Gasteiger partial charge in [0.25, 0.3) is 11.5 Å². The van der Waals surface area contributed by atoms with E-state index in [0.717, 1.165) is 5.39 Å². The second-order valence-electron chi connectivity index (χ2n) is 8.15. The van der Waals surface area contributed by atoms with Crippen molar-refractivity contribution in [1.82, 2.24) is 24.9 Å². The highest BCUT2D eigenvalue weighted by Gasteiger charge is 2.53. The Kier molecular flexibility index (Phi) is 3.34. The molecule has 0 unspecified atom stereocenters. The Morgan fingerprint density at radius 2 is 2.04 bits per heavy atom. The molecule has 3 aromatic heterocycles. The lowest BCUT2D eigenvalue weighted by atomic mass is 9.64. The van der Waals surface area contributed by atoms with Gasteiger partial charge in [-0.1, -0.05) is 25.4 Å². The van der Waals surface area contributed by atoms with Crippen molar-refractivity contribution in [3.05, 3.63) is 45.7 Å². The number of H-pyrrole nitrogens is 1. The van der Waals surface area contributed by atoms with Crippen molar-refractivity contribution in [2.24, 2.45) is 5.41 Å². The van der Waals surface area contributed by atoms with Crippen molar-refractivity contribution in [3.63, 3.8) is 0 Å². The number of rotatable bonds is 2. The molecule has 9 nitrogen and oxygen atoms in total. The van der Waals surface area contributed by atoms with E-state index in [1.54, 1.807) is 6.20 Å². The fraction of sp³-hybridized carbons (Fsp3) is 0.333. The summed E-state index contributed by atoms with van der Waals surface area (Å²) in [5, 5.41) is 6.89. The summed E-state index contributed by atoms with van der Waals surface area (Å²) in [4.78, 5) is 37.1. The molecular formula is C18H18ClN7O2. The number of pyridine rings is 1. The number of halogens is 1.